The summed E-state index contributed by atoms with van der Waals surface area (Å²) in [6.45, 7) is 4.03. The van der Waals surface area contributed by atoms with Gasteiger partial charge in [-0.2, -0.15) is 0 Å². The van der Waals surface area contributed by atoms with Crippen LogP contribution in [0.3, 0.4) is 0 Å². The lowest BCUT2D eigenvalue weighted by Crippen LogP contribution is -2.32. The average Bonchev–Trinajstić information content (AvgIpc) is 2.48. The first-order valence-corrected chi connectivity index (χ1v) is 6.62. The molecule has 0 radical (unpaired) electrons. The maximum absolute atomic E-state index is 11.0. The molecule has 0 aliphatic heterocycles. The van der Waals surface area contributed by atoms with Crippen LogP contribution in [0.15, 0.2) is 12.1 Å². The van der Waals surface area contributed by atoms with Gasteiger partial charge in [0.15, 0.2) is 5.69 Å². The van der Waals surface area contributed by atoms with Crippen molar-refractivity contribution in [2.75, 3.05) is 18.5 Å². The molecule has 0 saturated carbocycles. The molecule has 1 aromatic rings. The van der Waals surface area contributed by atoms with Gasteiger partial charge in [0, 0.05) is 18.0 Å². The van der Waals surface area contributed by atoms with E-state index in [0.29, 0.717) is 12.8 Å². The van der Waals surface area contributed by atoms with Crippen LogP contribution in [0, 0.1) is 15.5 Å². The van der Waals surface area contributed by atoms with Gasteiger partial charge in [0.2, 0.25) is 5.82 Å². The zero-order chi connectivity index (χ0) is 16.0. The van der Waals surface area contributed by atoms with Crippen LogP contribution in [0.5, 0.6) is 0 Å². The first-order valence-electron chi connectivity index (χ1n) is 6.62. The molecule has 0 aromatic carbocycles. The molecule has 0 amide bonds. The second-order valence-electron chi connectivity index (χ2n) is 4.85. The Labute approximate surface area is 122 Å². The summed E-state index contributed by atoms with van der Waals surface area (Å²) in [4.78, 5) is 25.0. The van der Waals surface area contributed by atoms with Gasteiger partial charge in [0.1, 0.15) is 0 Å². The SMILES string of the molecule is CCC(CC)(CO)CNc1nc(C(=O)O)ccc1[N+](=O)[O-]. The van der Waals surface area contributed by atoms with Crippen molar-refractivity contribution in [2.45, 2.75) is 26.7 Å². The molecule has 0 bridgehead atoms. The van der Waals surface area contributed by atoms with E-state index in [1.165, 1.54) is 0 Å². The van der Waals surface area contributed by atoms with Gasteiger partial charge in [-0.25, -0.2) is 9.78 Å². The number of hydrogen-bond donors (Lipinski definition) is 3. The van der Waals surface area contributed by atoms with E-state index in [2.05, 4.69) is 10.3 Å². The van der Waals surface area contributed by atoms with Gasteiger partial charge < -0.3 is 15.5 Å². The second-order valence-corrected chi connectivity index (χ2v) is 4.85. The molecular weight excluding hydrogens is 278 g/mol. The number of aromatic nitrogens is 1. The van der Waals surface area contributed by atoms with E-state index >= 15 is 0 Å². The number of aromatic carboxylic acids is 1. The molecule has 1 aromatic heterocycles. The van der Waals surface area contributed by atoms with Crippen molar-refractivity contribution in [3.63, 3.8) is 0 Å². The summed E-state index contributed by atoms with van der Waals surface area (Å²) >= 11 is 0. The molecule has 0 spiro atoms. The van der Waals surface area contributed by atoms with E-state index in [4.69, 9.17) is 5.11 Å². The molecule has 8 heteroatoms. The van der Waals surface area contributed by atoms with Gasteiger partial charge in [-0.05, 0) is 18.9 Å². The first-order chi connectivity index (χ1) is 9.89. The van der Waals surface area contributed by atoms with E-state index in [9.17, 15) is 20.0 Å². The highest BCUT2D eigenvalue weighted by Gasteiger charge is 2.27. The van der Waals surface area contributed by atoms with Gasteiger partial charge >= 0.3 is 11.7 Å². The van der Waals surface area contributed by atoms with Gasteiger partial charge in [0.05, 0.1) is 11.5 Å². The fourth-order valence-corrected chi connectivity index (χ4v) is 1.90. The largest absolute Gasteiger partial charge is 0.477 e. The molecule has 116 valence electrons. The topological polar surface area (TPSA) is 126 Å². The second kappa shape index (κ2) is 6.98. The predicted octanol–water partition coefficient (Wildman–Crippen LogP) is 1.90. The fraction of sp³-hybridized carbons (Fsp3) is 0.538. The number of nitrogens with one attached hydrogen (secondary N) is 1. The van der Waals surface area contributed by atoms with Crippen molar-refractivity contribution in [3.8, 4) is 0 Å². The Kier molecular flexibility index (Phi) is 5.60. The van der Waals surface area contributed by atoms with Gasteiger partial charge in [-0.1, -0.05) is 13.8 Å². The van der Waals surface area contributed by atoms with Gasteiger partial charge in [-0.3, -0.25) is 10.1 Å². The maximum Gasteiger partial charge on any atom is 0.354 e. The molecule has 0 atom stereocenters. The third kappa shape index (κ3) is 3.88. The number of carboxylic acids is 1. The number of hydrogen-bond acceptors (Lipinski definition) is 6. The number of aliphatic hydroxyl groups is 1. The Morgan fingerprint density at radius 3 is 2.48 bits per heavy atom. The van der Waals surface area contributed by atoms with Gasteiger partial charge in [0.25, 0.3) is 0 Å². The summed E-state index contributed by atoms with van der Waals surface area (Å²) in [5.41, 5.74) is -0.987. The van der Waals surface area contributed by atoms with E-state index in [1.807, 2.05) is 13.8 Å². The molecule has 0 aliphatic rings. The minimum absolute atomic E-state index is 0.0700. The number of aliphatic hydroxyl groups excluding tert-OH is 1. The smallest absolute Gasteiger partial charge is 0.354 e. The fourth-order valence-electron chi connectivity index (χ4n) is 1.90. The van der Waals surface area contributed by atoms with Crippen molar-refractivity contribution < 1.29 is 19.9 Å². The van der Waals surface area contributed by atoms with E-state index in [-0.39, 0.29) is 30.4 Å². The molecule has 0 fully saturated rings. The summed E-state index contributed by atoms with van der Waals surface area (Å²) in [5.74, 6) is -1.35. The zero-order valence-corrected chi connectivity index (χ0v) is 12.0. The van der Waals surface area contributed by atoms with Crippen molar-refractivity contribution in [2.24, 2.45) is 5.41 Å². The Balaban J connectivity index is 3.07. The van der Waals surface area contributed by atoms with Crippen LogP contribution >= 0.6 is 0 Å². The molecule has 0 aliphatic carbocycles. The van der Waals surface area contributed by atoms with Crippen LogP contribution < -0.4 is 5.32 Å². The average molecular weight is 297 g/mol. The van der Waals surface area contributed by atoms with Crippen LogP contribution in [0.1, 0.15) is 37.2 Å². The summed E-state index contributed by atoms with van der Waals surface area (Å²) in [6.07, 6.45) is 1.36. The first kappa shape index (κ1) is 16.8. The lowest BCUT2D eigenvalue weighted by molar-refractivity contribution is -0.384. The number of nitrogens with zero attached hydrogens (tertiary/aromatic N) is 2. The van der Waals surface area contributed by atoms with E-state index in [0.717, 1.165) is 12.1 Å². The lowest BCUT2D eigenvalue weighted by Gasteiger charge is -2.29. The molecule has 1 rings (SSSR count). The number of anilines is 1. The molecule has 3 N–H and O–H groups in total. The third-order valence-electron chi connectivity index (χ3n) is 3.76. The van der Waals surface area contributed by atoms with Crippen LogP contribution in [0.25, 0.3) is 0 Å². The Hall–Kier alpha value is -2.22. The highest BCUT2D eigenvalue weighted by Crippen LogP contribution is 2.28. The summed E-state index contributed by atoms with van der Waals surface area (Å²) in [6, 6.07) is 2.20. The molecule has 1 heterocycles. The Bertz CT molecular complexity index is 520. The van der Waals surface area contributed by atoms with Gasteiger partial charge in [-0.15, -0.1) is 0 Å². The summed E-state index contributed by atoms with van der Waals surface area (Å²) in [7, 11) is 0. The van der Waals surface area contributed by atoms with Crippen molar-refractivity contribution >= 4 is 17.5 Å². The standard InChI is InChI=1S/C13H19N3O5/c1-3-13(4-2,8-17)7-14-11-10(16(20)21)6-5-9(15-11)12(18)19/h5-6,17H,3-4,7-8H2,1-2H3,(H,14,15)(H,18,19). The lowest BCUT2D eigenvalue weighted by atomic mass is 9.83. The third-order valence-corrected chi connectivity index (χ3v) is 3.76. The number of carbonyl (C=O) groups is 1. The van der Waals surface area contributed by atoms with Crippen molar-refractivity contribution in [3.05, 3.63) is 27.9 Å². The van der Waals surface area contributed by atoms with E-state index in [1.54, 1.807) is 0 Å². The molecule has 21 heavy (non-hydrogen) atoms. The summed E-state index contributed by atoms with van der Waals surface area (Å²) < 4.78 is 0. The van der Waals surface area contributed by atoms with Crippen LogP contribution in [0.4, 0.5) is 11.5 Å². The Morgan fingerprint density at radius 2 is 2.05 bits per heavy atom. The molecule has 0 unspecified atom stereocenters. The number of nitro groups is 1. The number of carboxylic acid groups (broad SMARTS) is 1. The molecule has 0 saturated heterocycles. The quantitative estimate of drug-likeness (QED) is 0.494. The van der Waals surface area contributed by atoms with E-state index < -0.39 is 16.3 Å². The Morgan fingerprint density at radius 1 is 1.43 bits per heavy atom. The predicted molar refractivity (Wildman–Crippen MR) is 76.4 cm³/mol. The maximum atomic E-state index is 11.0. The molecule has 8 nitrogen and oxygen atoms in total. The van der Waals surface area contributed by atoms with Crippen molar-refractivity contribution in [1.82, 2.24) is 4.98 Å². The van der Waals surface area contributed by atoms with Crippen LogP contribution in [-0.2, 0) is 0 Å². The van der Waals surface area contributed by atoms with Crippen LogP contribution in [-0.4, -0.2) is 39.2 Å². The zero-order valence-electron chi connectivity index (χ0n) is 12.0. The number of pyridine rings is 1. The monoisotopic (exact) mass is 297 g/mol. The summed E-state index contributed by atoms with van der Waals surface area (Å²) in [5, 5.41) is 32.2. The van der Waals surface area contributed by atoms with Crippen molar-refractivity contribution in [1.29, 1.82) is 0 Å². The minimum atomic E-state index is -1.26. The van der Waals surface area contributed by atoms with Crippen LogP contribution in [0.2, 0.25) is 0 Å². The number of rotatable bonds is 8. The molecular formula is C13H19N3O5. The highest BCUT2D eigenvalue weighted by atomic mass is 16.6. The normalized spacial score (nSPS) is 11.2. The minimum Gasteiger partial charge on any atom is -0.477 e. The highest BCUT2D eigenvalue weighted by molar-refractivity contribution is 5.86.